The van der Waals surface area contributed by atoms with Crippen molar-refractivity contribution in [2.75, 3.05) is 12.1 Å². The van der Waals surface area contributed by atoms with Crippen LogP contribution in [0.25, 0.3) is 0 Å². The molecule has 1 N–H and O–H groups in total. The number of nitrogens with one attached hydrogen (secondary N) is 1. The molecule has 1 heterocycles. The average molecular weight is 358 g/mol. The lowest BCUT2D eigenvalue weighted by Gasteiger charge is -2.11. The van der Waals surface area contributed by atoms with Gasteiger partial charge in [-0.05, 0) is 37.0 Å². The van der Waals surface area contributed by atoms with Gasteiger partial charge in [0.2, 0.25) is 12.7 Å². The van der Waals surface area contributed by atoms with E-state index in [9.17, 15) is 9.59 Å². The number of Topliss-reactive ketones (excluding diaryl/α,β-unsaturated/α-hetero) is 1. The largest absolute Gasteiger partial charge is 0.454 e. The van der Waals surface area contributed by atoms with Crippen LogP contribution in [0.5, 0.6) is 11.5 Å². The SMILES string of the molecule is CC(=O)c1cc2c(cc1NC(=O)C1CC1c1ccccc1Cl)OCO2. The fourth-order valence-electron chi connectivity index (χ4n) is 3.17. The van der Waals surface area contributed by atoms with Crippen LogP contribution in [0.15, 0.2) is 36.4 Å². The summed E-state index contributed by atoms with van der Waals surface area (Å²) in [5, 5.41) is 3.54. The van der Waals surface area contributed by atoms with Crippen molar-refractivity contribution in [3.63, 3.8) is 0 Å². The molecule has 1 aliphatic heterocycles. The van der Waals surface area contributed by atoms with Crippen molar-refractivity contribution in [2.24, 2.45) is 5.92 Å². The second-order valence-electron chi connectivity index (χ2n) is 6.27. The predicted molar refractivity (Wildman–Crippen MR) is 93.5 cm³/mol. The lowest BCUT2D eigenvalue weighted by Crippen LogP contribution is -2.16. The zero-order valence-corrected chi connectivity index (χ0v) is 14.3. The van der Waals surface area contributed by atoms with E-state index in [1.54, 1.807) is 12.1 Å². The van der Waals surface area contributed by atoms with Crippen LogP contribution in [-0.2, 0) is 4.79 Å². The Morgan fingerprint density at radius 2 is 1.88 bits per heavy atom. The Labute approximate surface area is 149 Å². The Morgan fingerprint density at radius 3 is 2.60 bits per heavy atom. The van der Waals surface area contributed by atoms with Crippen LogP contribution in [0.1, 0.15) is 35.2 Å². The van der Waals surface area contributed by atoms with Crippen molar-refractivity contribution < 1.29 is 19.1 Å². The number of rotatable bonds is 4. The van der Waals surface area contributed by atoms with Gasteiger partial charge in [-0.25, -0.2) is 0 Å². The number of carbonyl (C=O) groups is 2. The first-order valence-electron chi connectivity index (χ1n) is 8.04. The fourth-order valence-corrected chi connectivity index (χ4v) is 3.44. The maximum absolute atomic E-state index is 12.6. The number of carbonyl (C=O) groups excluding carboxylic acids is 2. The van der Waals surface area contributed by atoms with Crippen molar-refractivity contribution >= 4 is 29.0 Å². The summed E-state index contributed by atoms with van der Waals surface area (Å²) in [5.74, 6) is 0.745. The molecule has 5 nitrogen and oxygen atoms in total. The lowest BCUT2D eigenvalue weighted by molar-refractivity contribution is -0.117. The number of hydrogen-bond donors (Lipinski definition) is 1. The molecule has 6 heteroatoms. The predicted octanol–water partition coefficient (Wildman–Crippen LogP) is 4.01. The van der Waals surface area contributed by atoms with E-state index in [4.69, 9.17) is 21.1 Å². The Kier molecular flexibility index (Phi) is 3.88. The third kappa shape index (κ3) is 2.96. The molecule has 1 saturated carbocycles. The number of amides is 1. The summed E-state index contributed by atoms with van der Waals surface area (Å²) in [7, 11) is 0. The highest BCUT2D eigenvalue weighted by atomic mass is 35.5. The first-order valence-corrected chi connectivity index (χ1v) is 8.42. The minimum absolute atomic E-state index is 0.112. The van der Waals surface area contributed by atoms with E-state index in [0.717, 1.165) is 12.0 Å². The average Bonchev–Trinajstić information content (AvgIpc) is 3.25. The van der Waals surface area contributed by atoms with Crippen molar-refractivity contribution in [1.82, 2.24) is 0 Å². The van der Waals surface area contributed by atoms with Gasteiger partial charge < -0.3 is 14.8 Å². The molecular formula is C19H16ClNO4. The summed E-state index contributed by atoms with van der Waals surface area (Å²) in [6.07, 6.45) is 0.746. The van der Waals surface area contributed by atoms with E-state index in [1.165, 1.54) is 6.92 Å². The van der Waals surface area contributed by atoms with Gasteiger partial charge in [-0.1, -0.05) is 29.8 Å². The second-order valence-corrected chi connectivity index (χ2v) is 6.67. The van der Waals surface area contributed by atoms with E-state index < -0.39 is 0 Å². The Hall–Kier alpha value is -2.53. The molecule has 0 radical (unpaired) electrons. The first kappa shape index (κ1) is 16.0. The van der Waals surface area contributed by atoms with Crippen molar-refractivity contribution in [3.8, 4) is 11.5 Å². The van der Waals surface area contributed by atoms with E-state index in [2.05, 4.69) is 5.32 Å². The van der Waals surface area contributed by atoms with Gasteiger partial charge in [-0.2, -0.15) is 0 Å². The third-order valence-corrected chi connectivity index (χ3v) is 4.93. The maximum Gasteiger partial charge on any atom is 0.231 e. The molecule has 2 atom stereocenters. The minimum Gasteiger partial charge on any atom is -0.454 e. The zero-order valence-electron chi connectivity index (χ0n) is 13.5. The molecule has 1 aliphatic carbocycles. The molecular weight excluding hydrogens is 342 g/mol. The molecule has 2 unspecified atom stereocenters. The summed E-state index contributed by atoms with van der Waals surface area (Å²) in [5.41, 5.74) is 1.85. The molecule has 0 saturated heterocycles. The van der Waals surface area contributed by atoms with Crippen LogP contribution >= 0.6 is 11.6 Å². The summed E-state index contributed by atoms with van der Waals surface area (Å²) < 4.78 is 10.6. The van der Waals surface area contributed by atoms with Gasteiger partial charge in [0.1, 0.15) is 0 Å². The third-order valence-electron chi connectivity index (χ3n) is 4.58. The van der Waals surface area contributed by atoms with Crippen LogP contribution < -0.4 is 14.8 Å². The number of halogens is 1. The maximum atomic E-state index is 12.6. The van der Waals surface area contributed by atoms with Gasteiger partial charge in [0.15, 0.2) is 17.3 Å². The van der Waals surface area contributed by atoms with Crippen molar-refractivity contribution in [3.05, 3.63) is 52.5 Å². The second kappa shape index (κ2) is 6.08. The number of ketones is 1. The summed E-state index contributed by atoms with van der Waals surface area (Å²) in [6, 6.07) is 10.8. The van der Waals surface area contributed by atoms with Crippen molar-refractivity contribution in [2.45, 2.75) is 19.3 Å². The Morgan fingerprint density at radius 1 is 1.16 bits per heavy atom. The smallest absolute Gasteiger partial charge is 0.231 e. The number of fused-ring (bicyclic) bond motifs is 1. The monoisotopic (exact) mass is 357 g/mol. The quantitative estimate of drug-likeness (QED) is 0.839. The molecule has 0 spiro atoms. The molecule has 25 heavy (non-hydrogen) atoms. The van der Waals surface area contributed by atoms with Crippen LogP contribution in [0, 0.1) is 5.92 Å². The van der Waals surface area contributed by atoms with Gasteiger partial charge in [0.25, 0.3) is 0 Å². The first-order chi connectivity index (χ1) is 12.0. The lowest BCUT2D eigenvalue weighted by atomic mass is 10.1. The molecule has 1 fully saturated rings. The van der Waals surface area contributed by atoms with Gasteiger partial charge in [0, 0.05) is 22.6 Å². The van der Waals surface area contributed by atoms with E-state index >= 15 is 0 Å². The number of ether oxygens (including phenoxy) is 2. The highest BCUT2D eigenvalue weighted by Gasteiger charge is 2.45. The molecule has 1 amide bonds. The summed E-state index contributed by atoms with van der Waals surface area (Å²) >= 11 is 6.21. The molecule has 128 valence electrons. The van der Waals surface area contributed by atoms with Crippen LogP contribution in [0.2, 0.25) is 5.02 Å². The van der Waals surface area contributed by atoms with Crippen molar-refractivity contribution in [1.29, 1.82) is 0 Å². The topological polar surface area (TPSA) is 64.6 Å². The molecule has 0 aromatic heterocycles. The van der Waals surface area contributed by atoms with Gasteiger partial charge in [-0.15, -0.1) is 0 Å². The van der Waals surface area contributed by atoms with Crippen LogP contribution in [-0.4, -0.2) is 18.5 Å². The summed E-state index contributed by atoms with van der Waals surface area (Å²) in [4.78, 5) is 24.5. The zero-order chi connectivity index (χ0) is 17.6. The van der Waals surface area contributed by atoms with Gasteiger partial charge in [0.05, 0.1) is 5.69 Å². The number of benzene rings is 2. The molecule has 2 aromatic rings. The number of anilines is 1. The Balaban J connectivity index is 1.54. The standard InChI is InChI=1S/C19H16ClNO4/c1-10(22)12-7-17-18(25-9-24-17)8-16(12)21-19(23)14-6-13(14)11-4-2-3-5-15(11)20/h2-5,7-8,13-14H,6,9H2,1H3,(H,21,23). The minimum atomic E-state index is -0.148. The fraction of sp³-hybridized carbons (Fsp3) is 0.263. The van der Waals surface area contributed by atoms with E-state index in [-0.39, 0.29) is 30.3 Å². The Bertz CT molecular complexity index is 880. The summed E-state index contributed by atoms with van der Waals surface area (Å²) in [6.45, 7) is 1.57. The highest BCUT2D eigenvalue weighted by molar-refractivity contribution is 6.31. The molecule has 0 bridgehead atoms. The highest BCUT2D eigenvalue weighted by Crippen LogP contribution is 2.50. The molecule has 2 aliphatic rings. The van der Waals surface area contributed by atoms with E-state index in [1.807, 2.05) is 24.3 Å². The van der Waals surface area contributed by atoms with E-state index in [0.29, 0.717) is 27.8 Å². The van der Waals surface area contributed by atoms with Gasteiger partial charge in [-0.3, -0.25) is 9.59 Å². The normalized spacial score (nSPS) is 20.2. The van der Waals surface area contributed by atoms with Gasteiger partial charge >= 0.3 is 0 Å². The molecule has 4 rings (SSSR count). The van der Waals surface area contributed by atoms with Crippen LogP contribution in [0.3, 0.4) is 0 Å². The number of hydrogen-bond acceptors (Lipinski definition) is 4. The molecule has 2 aromatic carbocycles. The van der Waals surface area contributed by atoms with Crippen LogP contribution in [0.4, 0.5) is 5.69 Å².